The second-order valence-electron chi connectivity index (χ2n) is 8.36. The molecule has 7 heteroatoms. The number of hydrogen-bond donors (Lipinski definition) is 2. The maximum absolute atomic E-state index is 13.1. The van der Waals surface area contributed by atoms with Crippen LogP contribution in [0.3, 0.4) is 0 Å². The molecule has 174 valence electrons. The molecule has 0 saturated heterocycles. The van der Waals surface area contributed by atoms with Crippen LogP contribution in [-0.4, -0.2) is 48.0 Å². The molecule has 0 fully saturated rings. The second kappa shape index (κ2) is 13.2. The van der Waals surface area contributed by atoms with Crippen LogP contribution in [-0.2, 0) is 14.3 Å². The van der Waals surface area contributed by atoms with Crippen molar-refractivity contribution < 1.29 is 19.1 Å². The summed E-state index contributed by atoms with van der Waals surface area (Å²) in [7, 11) is 0. The van der Waals surface area contributed by atoms with E-state index in [0.717, 1.165) is 19.3 Å². The maximum Gasteiger partial charge on any atom is 0.408 e. The lowest BCUT2D eigenvalue weighted by atomic mass is 10.0. The Hall–Kier alpha value is -3.27. The number of rotatable bonds is 11. The Labute approximate surface area is 191 Å². The molecule has 0 radical (unpaired) electrons. The van der Waals surface area contributed by atoms with Crippen LogP contribution in [0.5, 0.6) is 0 Å². The van der Waals surface area contributed by atoms with Gasteiger partial charge in [0.1, 0.15) is 18.2 Å². The highest BCUT2D eigenvalue weighted by Crippen LogP contribution is 2.22. The van der Waals surface area contributed by atoms with Gasteiger partial charge in [0.05, 0.1) is 0 Å². The fourth-order valence-corrected chi connectivity index (χ4v) is 2.97. The van der Waals surface area contributed by atoms with E-state index in [-0.39, 0.29) is 19.0 Å². The highest BCUT2D eigenvalue weighted by molar-refractivity contribution is 5.90. The number of alkyl carbamates (subject to hydrolysis) is 1. The van der Waals surface area contributed by atoms with Gasteiger partial charge in [-0.1, -0.05) is 43.9 Å². The number of nitrogens with zero attached hydrogens (tertiary/aromatic N) is 1. The van der Waals surface area contributed by atoms with Crippen molar-refractivity contribution in [1.29, 1.82) is 0 Å². The Morgan fingerprint density at radius 3 is 2.38 bits per heavy atom. The van der Waals surface area contributed by atoms with Crippen LogP contribution in [0, 0.1) is 12.3 Å². The molecule has 0 aliphatic carbocycles. The first-order valence-electron chi connectivity index (χ1n) is 10.8. The molecule has 0 spiro atoms. The Morgan fingerprint density at radius 1 is 1.19 bits per heavy atom. The maximum atomic E-state index is 13.1. The van der Waals surface area contributed by atoms with Crippen molar-refractivity contribution in [1.82, 2.24) is 15.5 Å². The molecular formula is C25H35N3O4. The Kier molecular flexibility index (Phi) is 11.0. The van der Waals surface area contributed by atoms with Gasteiger partial charge in [-0.15, -0.1) is 13.0 Å². The molecule has 1 unspecified atom stereocenters. The molecule has 1 aromatic carbocycles. The Bertz CT molecular complexity index is 819. The molecule has 2 N–H and O–H groups in total. The van der Waals surface area contributed by atoms with Gasteiger partial charge >= 0.3 is 6.09 Å². The summed E-state index contributed by atoms with van der Waals surface area (Å²) in [5.74, 6) is 1.80. The summed E-state index contributed by atoms with van der Waals surface area (Å²) in [6.45, 7) is 11.3. The Balaban J connectivity index is 3.09. The van der Waals surface area contributed by atoms with Gasteiger partial charge in [-0.25, -0.2) is 4.79 Å². The number of carbonyl (C=O) groups is 3. The summed E-state index contributed by atoms with van der Waals surface area (Å²) in [4.78, 5) is 39.5. The average Bonchev–Trinajstić information content (AvgIpc) is 2.74. The van der Waals surface area contributed by atoms with Crippen molar-refractivity contribution in [2.24, 2.45) is 0 Å². The van der Waals surface area contributed by atoms with Crippen LogP contribution in [0.15, 0.2) is 36.9 Å². The van der Waals surface area contributed by atoms with Crippen molar-refractivity contribution in [3.8, 4) is 12.3 Å². The molecule has 0 aliphatic rings. The van der Waals surface area contributed by atoms with Gasteiger partial charge in [-0.2, -0.15) is 0 Å². The van der Waals surface area contributed by atoms with Gasteiger partial charge in [-0.05, 0) is 44.9 Å². The molecule has 0 aliphatic heterocycles. The average molecular weight is 442 g/mol. The van der Waals surface area contributed by atoms with Gasteiger partial charge < -0.3 is 20.3 Å². The van der Waals surface area contributed by atoms with Gasteiger partial charge in [0.2, 0.25) is 11.8 Å². The van der Waals surface area contributed by atoms with Crippen LogP contribution in [0.4, 0.5) is 4.79 Å². The van der Waals surface area contributed by atoms with E-state index >= 15 is 0 Å². The van der Waals surface area contributed by atoms with Crippen LogP contribution >= 0.6 is 0 Å². The zero-order valence-corrected chi connectivity index (χ0v) is 19.6. The van der Waals surface area contributed by atoms with Crippen molar-refractivity contribution in [3.63, 3.8) is 0 Å². The molecule has 1 aromatic rings. The second-order valence-corrected chi connectivity index (χ2v) is 8.36. The molecule has 1 atom stereocenters. The van der Waals surface area contributed by atoms with Crippen molar-refractivity contribution in [3.05, 3.63) is 48.0 Å². The third kappa shape index (κ3) is 9.25. The zero-order valence-electron chi connectivity index (χ0n) is 19.6. The number of nitrogens with one attached hydrogen (secondary N) is 2. The summed E-state index contributed by atoms with van der Waals surface area (Å²) in [5, 5.41) is 5.37. The smallest absolute Gasteiger partial charge is 0.408 e. The van der Waals surface area contributed by atoms with Crippen molar-refractivity contribution >= 4 is 17.9 Å². The third-order valence-corrected chi connectivity index (χ3v) is 4.46. The van der Waals surface area contributed by atoms with E-state index in [1.807, 2.05) is 0 Å². The molecule has 0 heterocycles. The number of carbonyl (C=O) groups excluding carboxylic acids is 3. The summed E-state index contributed by atoms with van der Waals surface area (Å²) in [6.07, 6.45) is 9.15. The number of benzene rings is 1. The van der Waals surface area contributed by atoms with Gasteiger partial charge in [0.25, 0.3) is 0 Å². The summed E-state index contributed by atoms with van der Waals surface area (Å²) in [5.41, 5.74) is 0.599. The SMILES string of the molecule is C#Cc1ccc(C(C(=O)NCCCCC)N(CC=C)C(=O)CNC(=O)OC(C)(C)C)cc1. The molecule has 1 rings (SSSR count). The first kappa shape index (κ1) is 26.8. The van der Waals surface area contributed by atoms with E-state index in [2.05, 4.69) is 30.1 Å². The van der Waals surface area contributed by atoms with Gasteiger partial charge in [0.15, 0.2) is 0 Å². The minimum absolute atomic E-state index is 0.124. The van der Waals surface area contributed by atoms with Crippen LogP contribution < -0.4 is 10.6 Å². The fourth-order valence-electron chi connectivity index (χ4n) is 2.97. The molecule has 3 amide bonds. The largest absolute Gasteiger partial charge is 0.444 e. The topological polar surface area (TPSA) is 87.7 Å². The fraction of sp³-hybridized carbons (Fsp3) is 0.480. The lowest BCUT2D eigenvalue weighted by molar-refractivity contribution is -0.139. The molecule has 32 heavy (non-hydrogen) atoms. The number of terminal acetylenes is 1. The summed E-state index contributed by atoms with van der Waals surface area (Å²) < 4.78 is 5.18. The Morgan fingerprint density at radius 2 is 1.84 bits per heavy atom. The minimum atomic E-state index is -0.894. The molecule has 0 aromatic heterocycles. The predicted octanol–water partition coefficient (Wildman–Crippen LogP) is 3.55. The predicted molar refractivity (Wildman–Crippen MR) is 126 cm³/mol. The van der Waals surface area contributed by atoms with Crippen molar-refractivity contribution in [2.45, 2.75) is 58.6 Å². The van der Waals surface area contributed by atoms with E-state index in [1.54, 1.807) is 51.1 Å². The monoisotopic (exact) mass is 441 g/mol. The lowest BCUT2D eigenvalue weighted by Crippen LogP contribution is -2.48. The van der Waals surface area contributed by atoms with E-state index < -0.39 is 23.6 Å². The van der Waals surface area contributed by atoms with Gasteiger partial charge in [-0.3, -0.25) is 9.59 Å². The van der Waals surface area contributed by atoms with Crippen LogP contribution in [0.2, 0.25) is 0 Å². The van der Waals surface area contributed by atoms with Crippen LogP contribution in [0.1, 0.15) is 64.1 Å². The summed E-state index contributed by atoms with van der Waals surface area (Å²) >= 11 is 0. The summed E-state index contributed by atoms with van der Waals surface area (Å²) in [6, 6.07) is 6.02. The first-order valence-corrected chi connectivity index (χ1v) is 10.8. The van der Waals surface area contributed by atoms with Gasteiger partial charge in [0, 0.05) is 18.7 Å². The quantitative estimate of drug-likeness (QED) is 0.312. The van der Waals surface area contributed by atoms with E-state index in [4.69, 9.17) is 11.2 Å². The first-order chi connectivity index (χ1) is 15.1. The number of amides is 3. The zero-order chi connectivity index (χ0) is 24.1. The van der Waals surface area contributed by atoms with E-state index in [9.17, 15) is 14.4 Å². The van der Waals surface area contributed by atoms with E-state index in [0.29, 0.717) is 17.7 Å². The normalized spacial score (nSPS) is 11.6. The highest BCUT2D eigenvalue weighted by atomic mass is 16.6. The lowest BCUT2D eigenvalue weighted by Gasteiger charge is -2.31. The number of ether oxygens (including phenoxy) is 1. The number of unbranched alkanes of at least 4 members (excludes halogenated alkanes) is 2. The molecular weight excluding hydrogens is 406 g/mol. The number of hydrogen-bond acceptors (Lipinski definition) is 4. The molecule has 0 bridgehead atoms. The third-order valence-electron chi connectivity index (χ3n) is 4.46. The van der Waals surface area contributed by atoms with Crippen LogP contribution in [0.25, 0.3) is 0 Å². The standard InChI is InChI=1S/C25H35N3O4/c1-7-10-11-16-26-23(30)22(20-14-12-19(9-3)13-15-20)28(17-8-2)21(29)18-27-24(31)32-25(4,5)6/h3,8,12-15,22H,2,7,10-11,16-18H2,1,4-6H3,(H,26,30)(H,27,31). The minimum Gasteiger partial charge on any atom is -0.444 e. The van der Waals surface area contributed by atoms with E-state index in [1.165, 1.54) is 4.90 Å². The highest BCUT2D eigenvalue weighted by Gasteiger charge is 2.31. The molecule has 0 saturated carbocycles. The molecule has 7 nitrogen and oxygen atoms in total. The van der Waals surface area contributed by atoms with Crippen molar-refractivity contribution in [2.75, 3.05) is 19.6 Å².